The minimum Gasteiger partial charge on any atom is -0.261 e. The van der Waals surface area contributed by atoms with Gasteiger partial charge in [-0.25, -0.2) is 0 Å². The maximum Gasteiger partial charge on any atom is 0.176 e. The molecule has 0 fully saturated rings. The van der Waals surface area contributed by atoms with Crippen molar-refractivity contribution in [2.75, 3.05) is 0 Å². The fourth-order valence-corrected chi connectivity index (χ4v) is 4.17. The predicted octanol–water partition coefficient (Wildman–Crippen LogP) is 4.84. The van der Waals surface area contributed by atoms with Gasteiger partial charge in [-0.1, -0.05) is 56.4 Å². The smallest absolute Gasteiger partial charge is 0.176 e. The van der Waals surface area contributed by atoms with E-state index in [2.05, 4.69) is 62.3 Å². The van der Waals surface area contributed by atoms with Crippen molar-refractivity contribution < 1.29 is 0 Å². The molecular weight excluding hydrogens is 270 g/mol. The lowest BCUT2D eigenvalue weighted by atomic mass is 9.73. The van der Waals surface area contributed by atoms with Crippen LogP contribution in [0.4, 0.5) is 0 Å². The highest BCUT2D eigenvalue weighted by Gasteiger charge is 2.35. The van der Waals surface area contributed by atoms with E-state index < -0.39 is 7.38 Å². The van der Waals surface area contributed by atoms with Crippen molar-refractivity contribution in [3.63, 3.8) is 0 Å². The lowest BCUT2D eigenvalue weighted by molar-refractivity contribution is 0.370. The number of rotatable bonds is 3. The van der Waals surface area contributed by atoms with Crippen LogP contribution in [0.15, 0.2) is 47.8 Å². The van der Waals surface area contributed by atoms with E-state index in [1.807, 2.05) is 12.3 Å². The molecule has 0 aliphatic heterocycles. The van der Waals surface area contributed by atoms with E-state index in [0.717, 1.165) is 12.1 Å². The Kier molecular flexibility index (Phi) is 4.02. The third kappa shape index (κ3) is 3.18. The normalized spacial score (nSPS) is 20.3. The van der Waals surface area contributed by atoms with Gasteiger partial charge in [0.05, 0.1) is 0 Å². The van der Waals surface area contributed by atoms with Crippen LogP contribution in [0, 0.1) is 5.92 Å². The molecule has 0 saturated carbocycles. The molecule has 102 valence electrons. The van der Waals surface area contributed by atoms with E-state index in [9.17, 15) is 0 Å². The molecule has 1 nitrogen and oxygen atoms in total. The number of hydrogen-bond acceptors (Lipinski definition) is 1. The molecule has 0 bridgehead atoms. The second-order valence-electron chi connectivity index (χ2n) is 6.30. The fraction of sp³-hybridized carbons (Fsp3) is 0.438. The molecule has 1 aromatic heterocycles. The molecule has 1 heterocycles. The second-order valence-corrected chi connectivity index (χ2v) is 12.7. The maximum atomic E-state index is 6.59. The molecule has 0 radical (unpaired) electrons. The summed E-state index contributed by atoms with van der Waals surface area (Å²) in [5, 5.41) is 1.44. The van der Waals surface area contributed by atoms with Crippen LogP contribution < -0.4 is 0 Å². The molecule has 19 heavy (non-hydrogen) atoms. The average Bonchev–Trinajstić information content (AvgIpc) is 2.39. The van der Waals surface area contributed by atoms with Crippen molar-refractivity contribution in [3.05, 3.63) is 53.5 Å². The molecule has 0 spiro atoms. The molecule has 1 unspecified atom stereocenters. The second kappa shape index (κ2) is 5.26. The first kappa shape index (κ1) is 14.5. The first-order valence-electron chi connectivity index (χ1n) is 6.80. The van der Waals surface area contributed by atoms with Crippen molar-refractivity contribution in [2.24, 2.45) is 5.92 Å². The first-order valence-corrected chi connectivity index (χ1v) is 10.8. The molecule has 1 atom stereocenters. The van der Waals surface area contributed by atoms with Gasteiger partial charge in [0.25, 0.3) is 0 Å². The number of hydrogen-bond donors (Lipinski definition) is 0. The Morgan fingerprint density at radius 1 is 1.32 bits per heavy atom. The van der Waals surface area contributed by atoms with Crippen molar-refractivity contribution in [1.82, 2.24) is 4.98 Å². The Morgan fingerprint density at radius 3 is 2.63 bits per heavy atom. The molecule has 1 aliphatic carbocycles. The first-order chi connectivity index (χ1) is 8.82. The van der Waals surface area contributed by atoms with E-state index in [0.29, 0.717) is 5.92 Å². The van der Waals surface area contributed by atoms with E-state index in [4.69, 9.17) is 11.1 Å². The molecule has 3 heteroatoms. The van der Waals surface area contributed by atoms with Crippen molar-refractivity contribution in [3.8, 4) is 0 Å². The van der Waals surface area contributed by atoms with Gasteiger partial charge in [0.2, 0.25) is 0 Å². The van der Waals surface area contributed by atoms with Crippen LogP contribution in [0.1, 0.15) is 26.0 Å². The van der Waals surface area contributed by atoms with Crippen LogP contribution >= 0.6 is 11.1 Å². The van der Waals surface area contributed by atoms with Crippen molar-refractivity contribution >= 4 is 18.5 Å². The summed E-state index contributed by atoms with van der Waals surface area (Å²) in [7, 11) is -1.72. The van der Waals surface area contributed by atoms with Gasteiger partial charge in [-0.05, 0) is 24.5 Å². The van der Waals surface area contributed by atoms with Gasteiger partial charge in [-0.15, -0.1) is 0 Å². The van der Waals surface area contributed by atoms with Gasteiger partial charge in [-0.2, -0.15) is 11.1 Å². The van der Waals surface area contributed by atoms with E-state index >= 15 is 0 Å². The number of aromatic nitrogens is 1. The van der Waals surface area contributed by atoms with Crippen LogP contribution in [0.25, 0.3) is 0 Å². The summed E-state index contributed by atoms with van der Waals surface area (Å²) in [6, 6.07) is 6.15. The molecule has 0 saturated heterocycles. The number of pyridine rings is 1. The van der Waals surface area contributed by atoms with Crippen LogP contribution in [0.2, 0.25) is 13.1 Å². The highest BCUT2D eigenvalue weighted by molar-refractivity contribution is 7.23. The zero-order valence-corrected chi connectivity index (χ0v) is 13.9. The van der Waals surface area contributed by atoms with Gasteiger partial charge in [0.1, 0.15) is 0 Å². The highest BCUT2D eigenvalue weighted by atomic mass is 35.6. The largest absolute Gasteiger partial charge is 0.261 e. The van der Waals surface area contributed by atoms with Gasteiger partial charge >= 0.3 is 0 Å². The zero-order valence-electron chi connectivity index (χ0n) is 12.2. The summed E-state index contributed by atoms with van der Waals surface area (Å²) in [5.74, 6) is 0.466. The molecule has 0 aromatic carbocycles. The molecule has 1 aromatic rings. The average molecular weight is 292 g/mol. The van der Waals surface area contributed by atoms with E-state index in [1.54, 1.807) is 0 Å². The summed E-state index contributed by atoms with van der Waals surface area (Å²) in [6.45, 7) is 8.95. The summed E-state index contributed by atoms with van der Waals surface area (Å²) >= 11 is 6.59. The third-order valence-corrected chi connectivity index (χ3v) is 6.72. The molecule has 0 amide bonds. The molecule has 2 rings (SSSR count). The van der Waals surface area contributed by atoms with Gasteiger partial charge < -0.3 is 0 Å². The quantitative estimate of drug-likeness (QED) is 0.573. The lowest BCUT2D eigenvalue weighted by Gasteiger charge is -2.36. The van der Waals surface area contributed by atoms with Crippen LogP contribution in [0.3, 0.4) is 0 Å². The number of allylic oxidation sites excluding steroid dienone is 4. The monoisotopic (exact) mass is 291 g/mol. The zero-order chi connectivity index (χ0) is 14.1. The lowest BCUT2D eigenvalue weighted by Crippen LogP contribution is -2.33. The molecule has 1 aliphatic rings. The Morgan fingerprint density at radius 2 is 2.05 bits per heavy atom. The number of nitrogens with zero attached hydrogens (tertiary/aromatic N) is 1. The summed E-state index contributed by atoms with van der Waals surface area (Å²) in [4.78, 5) is 4.54. The Labute approximate surface area is 122 Å². The number of halogens is 1. The minimum absolute atomic E-state index is 0.0355. The third-order valence-electron chi connectivity index (χ3n) is 4.10. The van der Waals surface area contributed by atoms with Crippen molar-refractivity contribution in [2.45, 2.75) is 38.8 Å². The van der Waals surface area contributed by atoms with Gasteiger partial charge in [0.15, 0.2) is 7.38 Å². The Hall–Kier alpha value is -0.863. The summed E-state index contributed by atoms with van der Waals surface area (Å²) < 4.78 is 0. The SMILES string of the molecule is CC(C)(c1ccccn1)C1C=CC=C([Si](C)(C)Cl)C1. The van der Waals surface area contributed by atoms with Crippen LogP contribution in [0.5, 0.6) is 0 Å². The summed E-state index contributed by atoms with van der Waals surface area (Å²) in [6.07, 6.45) is 9.62. The molecular formula is C16H22ClNSi. The fourth-order valence-electron chi connectivity index (χ4n) is 2.55. The molecule has 0 N–H and O–H groups in total. The van der Waals surface area contributed by atoms with Gasteiger partial charge in [-0.3, -0.25) is 4.98 Å². The van der Waals surface area contributed by atoms with Gasteiger partial charge in [0, 0.05) is 17.3 Å². The predicted molar refractivity (Wildman–Crippen MR) is 85.9 cm³/mol. The van der Waals surface area contributed by atoms with Crippen LogP contribution in [-0.4, -0.2) is 12.4 Å². The summed E-state index contributed by atoms with van der Waals surface area (Å²) in [5.41, 5.74) is 1.19. The standard InChI is InChI=1S/C16H22ClNSi/c1-16(2,15-10-5-6-11-18-15)13-8-7-9-14(12-13)19(3,4)17/h5-11,13H,12H2,1-4H3. The van der Waals surface area contributed by atoms with E-state index in [-0.39, 0.29) is 5.41 Å². The highest BCUT2D eigenvalue weighted by Crippen LogP contribution is 2.39. The van der Waals surface area contributed by atoms with Crippen molar-refractivity contribution in [1.29, 1.82) is 0 Å². The van der Waals surface area contributed by atoms with Crippen LogP contribution in [-0.2, 0) is 5.41 Å². The van der Waals surface area contributed by atoms with E-state index in [1.165, 1.54) is 5.20 Å². The Bertz CT molecular complexity index is 497. The Balaban J connectivity index is 2.25. The maximum absolute atomic E-state index is 6.59. The topological polar surface area (TPSA) is 12.9 Å². The minimum atomic E-state index is -1.72.